The smallest absolute Gasteiger partial charge is 0.0991 e. The molecular weight excluding hydrogens is 234 g/mol. The Bertz CT molecular complexity index is 470. The molecule has 1 saturated heterocycles. The van der Waals surface area contributed by atoms with Crippen LogP contribution in [0.25, 0.3) is 0 Å². The molecule has 1 N–H and O–H groups in total. The second-order valence-corrected chi connectivity index (χ2v) is 5.90. The molecule has 0 radical (unpaired) electrons. The SMILES string of the molecule is CC1CC(NCc2ccc(C#N)cc2)CN1C1CC1. The quantitative estimate of drug-likeness (QED) is 0.897. The van der Waals surface area contributed by atoms with Crippen molar-refractivity contribution in [1.29, 1.82) is 5.26 Å². The standard InChI is InChI=1S/C16H21N3/c1-12-8-15(11-19(12)16-6-7-16)18-10-14-4-2-13(9-17)3-5-14/h2-5,12,15-16,18H,6-8,10-11H2,1H3. The fourth-order valence-corrected chi connectivity index (χ4v) is 3.08. The van der Waals surface area contributed by atoms with Crippen LogP contribution in [0, 0.1) is 11.3 Å². The lowest BCUT2D eigenvalue weighted by Gasteiger charge is -2.19. The fourth-order valence-electron chi connectivity index (χ4n) is 3.08. The summed E-state index contributed by atoms with van der Waals surface area (Å²) in [7, 11) is 0. The minimum atomic E-state index is 0.617. The maximum atomic E-state index is 8.78. The highest BCUT2D eigenvalue weighted by Gasteiger charge is 2.38. The first-order valence-electron chi connectivity index (χ1n) is 7.24. The van der Waals surface area contributed by atoms with Crippen molar-refractivity contribution in [3.05, 3.63) is 35.4 Å². The summed E-state index contributed by atoms with van der Waals surface area (Å²) >= 11 is 0. The molecule has 1 aromatic rings. The van der Waals surface area contributed by atoms with Gasteiger partial charge in [-0.2, -0.15) is 5.26 Å². The van der Waals surface area contributed by atoms with Crippen LogP contribution in [-0.4, -0.2) is 29.6 Å². The molecule has 100 valence electrons. The minimum Gasteiger partial charge on any atom is -0.309 e. The molecule has 1 aromatic carbocycles. The molecule has 2 aliphatic rings. The van der Waals surface area contributed by atoms with E-state index in [1.807, 2.05) is 24.3 Å². The van der Waals surface area contributed by atoms with Crippen LogP contribution in [0.4, 0.5) is 0 Å². The minimum absolute atomic E-state index is 0.617. The van der Waals surface area contributed by atoms with Crippen LogP contribution in [-0.2, 0) is 6.54 Å². The number of nitriles is 1. The van der Waals surface area contributed by atoms with Crippen molar-refractivity contribution in [2.24, 2.45) is 0 Å². The summed E-state index contributed by atoms with van der Waals surface area (Å²) in [4.78, 5) is 2.66. The summed E-state index contributed by atoms with van der Waals surface area (Å²) in [6.45, 7) is 4.45. The zero-order valence-electron chi connectivity index (χ0n) is 11.5. The van der Waals surface area contributed by atoms with Crippen molar-refractivity contribution in [3.63, 3.8) is 0 Å². The first-order chi connectivity index (χ1) is 9.26. The van der Waals surface area contributed by atoms with Gasteiger partial charge >= 0.3 is 0 Å². The Morgan fingerprint density at radius 2 is 2.05 bits per heavy atom. The van der Waals surface area contributed by atoms with E-state index >= 15 is 0 Å². The lowest BCUT2D eigenvalue weighted by Crippen LogP contribution is -2.33. The average molecular weight is 255 g/mol. The molecule has 0 aromatic heterocycles. The molecule has 3 heteroatoms. The summed E-state index contributed by atoms with van der Waals surface area (Å²) in [5, 5.41) is 12.4. The predicted octanol–water partition coefficient (Wildman–Crippen LogP) is 2.27. The van der Waals surface area contributed by atoms with Gasteiger partial charge in [0, 0.05) is 31.2 Å². The van der Waals surface area contributed by atoms with Gasteiger partial charge in [-0.1, -0.05) is 12.1 Å². The second-order valence-electron chi connectivity index (χ2n) is 5.90. The highest BCUT2D eigenvalue weighted by molar-refractivity contribution is 5.31. The van der Waals surface area contributed by atoms with E-state index in [2.05, 4.69) is 23.2 Å². The Morgan fingerprint density at radius 1 is 1.32 bits per heavy atom. The molecule has 19 heavy (non-hydrogen) atoms. The third kappa shape index (κ3) is 2.97. The average Bonchev–Trinajstić information content (AvgIpc) is 3.21. The van der Waals surface area contributed by atoms with Gasteiger partial charge in [0.15, 0.2) is 0 Å². The van der Waals surface area contributed by atoms with Gasteiger partial charge in [0.2, 0.25) is 0 Å². The molecule has 1 aliphatic carbocycles. The van der Waals surface area contributed by atoms with Crippen molar-refractivity contribution >= 4 is 0 Å². The molecule has 1 aliphatic heterocycles. The van der Waals surface area contributed by atoms with E-state index < -0.39 is 0 Å². The van der Waals surface area contributed by atoms with Crippen LogP contribution in [0.15, 0.2) is 24.3 Å². The van der Waals surface area contributed by atoms with Crippen LogP contribution in [0.3, 0.4) is 0 Å². The van der Waals surface area contributed by atoms with Crippen molar-refractivity contribution in [1.82, 2.24) is 10.2 Å². The number of hydrogen-bond acceptors (Lipinski definition) is 3. The lowest BCUT2D eigenvalue weighted by molar-refractivity contribution is 0.255. The molecular formula is C16H21N3. The molecule has 0 amide bonds. The van der Waals surface area contributed by atoms with Crippen LogP contribution in [0.2, 0.25) is 0 Å². The molecule has 1 saturated carbocycles. The molecule has 0 spiro atoms. The zero-order chi connectivity index (χ0) is 13.2. The summed E-state index contributed by atoms with van der Waals surface area (Å²) < 4.78 is 0. The third-order valence-electron chi connectivity index (χ3n) is 4.32. The van der Waals surface area contributed by atoms with E-state index in [0.717, 1.165) is 24.2 Å². The van der Waals surface area contributed by atoms with Gasteiger partial charge in [0.1, 0.15) is 0 Å². The van der Waals surface area contributed by atoms with E-state index in [0.29, 0.717) is 6.04 Å². The number of nitrogens with zero attached hydrogens (tertiary/aromatic N) is 2. The number of hydrogen-bond donors (Lipinski definition) is 1. The highest BCUT2D eigenvalue weighted by Crippen LogP contribution is 2.33. The first-order valence-corrected chi connectivity index (χ1v) is 7.24. The van der Waals surface area contributed by atoms with E-state index in [9.17, 15) is 0 Å². The van der Waals surface area contributed by atoms with E-state index in [-0.39, 0.29) is 0 Å². The topological polar surface area (TPSA) is 39.1 Å². The molecule has 2 atom stereocenters. The predicted molar refractivity (Wildman–Crippen MR) is 75.6 cm³/mol. The molecule has 0 bridgehead atoms. The van der Waals surface area contributed by atoms with E-state index in [4.69, 9.17) is 5.26 Å². The van der Waals surface area contributed by atoms with E-state index in [1.54, 1.807) is 0 Å². The summed E-state index contributed by atoms with van der Waals surface area (Å²) in [6, 6.07) is 12.2. The van der Waals surface area contributed by atoms with Crippen LogP contribution < -0.4 is 5.32 Å². The maximum Gasteiger partial charge on any atom is 0.0991 e. The van der Waals surface area contributed by atoms with Gasteiger partial charge < -0.3 is 5.32 Å². The van der Waals surface area contributed by atoms with Crippen molar-refractivity contribution in [2.75, 3.05) is 6.54 Å². The molecule has 3 nitrogen and oxygen atoms in total. The summed E-state index contributed by atoms with van der Waals surface area (Å²) in [6.07, 6.45) is 4.05. The first kappa shape index (κ1) is 12.7. The van der Waals surface area contributed by atoms with E-state index in [1.165, 1.54) is 31.4 Å². The highest BCUT2D eigenvalue weighted by atomic mass is 15.3. The van der Waals surface area contributed by atoms with Gasteiger partial charge in [-0.15, -0.1) is 0 Å². The van der Waals surface area contributed by atoms with Gasteiger partial charge in [-0.3, -0.25) is 4.90 Å². The lowest BCUT2D eigenvalue weighted by atomic mass is 10.1. The Hall–Kier alpha value is -1.37. The van der Waals surface area contributed by atoms with Crippen LogP contribution in [0.1, 0.15) is 37.3 Å². The van der Waals surface area contributed by atoms with Crippen molar-refractivity contribution in [2.45, 2.75) is 50.9 Å². The summed E-state index contributed by atoms with van der Waals surface area (Å²) in [5.74, 6) is 0. The van der Waals surface area contributed by atoms with Crippen LogP contribution >= 0.6 is 0 Å². The largest absolute Gasteiger partial charge is 0.309 e. The van der Waals surface area contributed by atoms with Crippen molar-refractivity contribution < 1.29 is 0 Å². The molecule has 2 fully saturated rings. The zero-order valence-corrected chi connectivity index (χ0v) is 11.5. The fraction of sp³-hybridized carbons (Fsp3) is 0.562. The Balaban J connectivity index is 1.50. The number of benzene rings is 1. The Morgan fingerprint density at radius 3 is 2.68 bits per heavy atom. The molecule has 1 heterocycles. The third-order valence-corrected chi connectivity index (χ3v) is 4.32. The number of nitrogens with one attached hydrogen (secondary N) is 1. The number of rotatable bonds is 4. The van der Waals surface area contributed by atoms with Gasteiger partial charge in [-0.25, -0.2) is 0 Å². The second kappa shape index (κ2) is 5.32. The Kier molecular flexibility index (Phi) is 3.54. The monoisotopic (exact) mass is 255 g/mol. The summed E-state index contributed by atoms with van der Waals surface area (Å²) in [5.41, 5.74) is 2.00. The normalized spacial score (nSPS) is 27.4. The molecule has 2 unspecified atom stereocenters. The van der Waals surface area contributed by atoms with Crippen LogP contribution in [0.5, 0.6) is 0 Å². The van der Waals surface area contributed by atoms with Crippen molar-refractivity contribution in [3.8, 4) is 6.07 Å². The Labute approximate surface area is 115 Å². The van der Waals surface area contributed by atoms with Gasteiger partial charge in [-0.05, 0) is 43.9 Å². The molecule has 3 rings (SSSR count). The van der Waals surface area contributed by atoms with Gasteiger partial charge in [0.05, 0.1) is 11.6 Å². The maximum absolute atomic E-state index is 8.78. The van der Waals surface area contributed by atoms with Gasteiger partial charge in [0.25, 0.3) is 0 Å². The number of likely N-dealkylation sites (tertiary alicyclic amines) is 1.